The minimum Gasteiger partial charge on any atom is -0.356 e. The van der Waals surface area contributed by atoms with Gasteiger partial charge < -0.3 is 9.47 Å². The zero-order valence-electron chi connectivity index (χ0n) is 13.8. The largest absolute Gasteiger partial charge is 0.356 e. The molecule has 3 heterocycles. The maximum atomic E-state index is 4.68. The van der Waals surface area contributed by atoms with Crippen LogP contribution in [-0.2, 0) is 6.54 Å². The predicted octanol–water partition coefficient (Wildman–Crippen LogP) is 3.71. The van der Waals surface area contributed by atoms with E-state index in [-0.39, 0.29) is 0 Å². The normalized spacial score (nSPS) is 17.8. The Morgan fingerprint density at radius 2 is 1.83 bits per heavy atom. The molecular weight excluding hydrogens is 296 g/mol. The van der Waals surface area contributed by atoms with E-state index in [0.29, 0.717) is 5.92 Å². The van der Waals surface area contributed by atoms with E-state index >= 15 is 0 Å². The highest BCUT2D eigenvalue weighted by atomic mass is 15.2. The van der Waals surface area contributed by atoms with Crippen molar-refractivity contribution in [2.24, 2.45) is 0 Å². The van der Waals surface area contributed by atoms with Gasteiger partial charge in [-0.1, -0.05) is 36.4 Å². The summed E-state index contributed by atoms with van der Waals surface area (Å²) in [4.78, 5) is 11.6. The van der Waals surface area contributed by atoms with Crippen LogP contribution < -0.4 is 4.90 Å². The van der Waals surface area contributed by atoms with Crippen LogP contribution in [0.3, 0.4) is 0 Å². The van der Waals surface area contributed by atoms with Crippen LogP contribution in [0.5, 0.6) is 0 Å². The van der Waals surface area contributed by atoms with Crippen LogP contribution in [-0.4, -0.2) is 27.6 Å². The van der Waals surface area contributed by atoms with E-state index in [2.05, 4.69) is 68.1 Å². The van der Waals surface area contributed by atoms with Gasteiger partial charge in [-0.05, 0) is 30.5 Å². The molecule has 1 fully saturated rings. The molecule has 1 saturated heterocycles. The molecule has 1 aliphatic heterocycles. The van der Waals surface area contributed by atoms with Crippen molar-refractivity contribution in [1.29, 1.82) is 0 Å². The Labute approximate surface area is 142 Å². The zero-order valence-corrected chi connectivity index (χ0v) is 13.8. The molecule has 0 aliphatic carbocycles. The van der Waals surface area contributed by atoms with E-state index in [1.807, 2.05) is 18.5 Å². The van der Waals surface area contributed by atoms with Crippen molar-refractivity contribution in [2.75, 3.05) is 18.0 Å². The summed E-state index contributed by atoms with van der Waals surface area (Å²) in [5.41, 5.74) is 1.31. The van der Waals surface area contributed by atoms with Gasteiger partial charge in [-0.25, -0.2) is 9.97 Å². The second-order valence-corrected chi connectivity index (χ2v) is 6.37. The van der Waals surface area contributed by atoms with Gasteiger partial charge in [0.1, 0.15) is 11.6 Å². The van der Waals surface area contributed by atoms with E-state index in [1.54, 1.807) is 0 Å². The maximum absolute atomic E-state index is 4.68. The van der Waals surface area contributed by atoms with Crippen molar-refractivity contribution in [3.05, 3.63) is 78.5 Å². The fourth-order valence-corrected chi connectivity index (χ4v) is 3.53. The summed E-state index contributed by atoms with van der Waals surface area (Å²) in [5.74, 6) is 2.72. The van der Waals surface area contributed by atoms with Gasteiger partial charge in [0.05, 0.1) is 0 Å². The minimum absolute atomic E-state index is 0.458. The standard InChI is InChI=1S/C20H22N4/c1-2-7-17(8-3-1)15-24-14-12-22-20(24)18-9-6-13-23(16-18)19-10-4-5-11-21-19/h1-5,7-8,10-12,14,18H,6,9,13,15-16H2. The summed E-state index contributed by atoms with van der Waals surface area (Å²) < 4.78 is 2.29. The molecule has 24 heavy (non-hydrogen) atoms. The van der Waals surface area contributed by atoms with Gasteiger partial charge in [-0.15, -0.1) is 0 Å². The van der Waals surface area contributed by atoms with Gasteiger partial charge >= 0.3 is 0 Å². The molecule has 1 aliphatic rings. The molecule has 3 aromatic rings. The van der Waals surface area contributed by atoms with Crippen LogP contribution in [0, 0.1) is 0 Å². The fourth-order valence-electron chi connectivity index (χ4n) is 3.53. The second kappa shape index (κ2) is 6.87. The molecule has 122 valence electrons. The number of aromatic nitrogens is 3. The van der Waals surface area contributed by atoms with Crippen molar-refractivity contribution in [2.45, 2.75) is 25.3 Å². The minimum atomic E-state index is 0.458. The molecule has 0 amide bonds. The van der Waals surface area contributed by atoms with E-state index < -0.39 is 0 Å². The molecule has 0 spiro atoms. The van der Waals surface area contributed by atoms with Crippen LogP contribution >= 0.6 is 0 Å². The summed E-state index contributed by atoms with van der Waals surface area (Å²) in [7, 11) is 0. The Balaban J connectivity index is 1.53. The average Bonchev–Trinajstić information content (AvgIpc) is 3.12. The van der Waals surface area contributed by atoms with Gasteiger partial charge in [0.15, 0.2) is 0 Å². The molecule has 2 aromatic heterocycles. The number of rotatable bonds is 4. The quantitative estimate of drug-likeness (QED) is 0.735. The first-order chi connectivity index (χ1) is 11.9. The number of anilines is 1. The molecule has 0 radical (unpaired) electrons. The van der Waals surface area contributed by atoms with E-state index in [4.69, 9.17) is 0 Å². The molecular formula is C20H22N4. The Bertz CT molecular complexity index is 767. The van der Waals surface area contributed by atoms with E-state index in [0.717, 1.165) is 25.5 Å². The van der Waals surface area contributed by atoms with Crippen LogP contribution in [0.2, 0.25) is 0 Å². The third-order valence-corrected chi connectivity index (χ3v) is 4.70. The molecule has 0 N–H and O–H groups in total. The Morgan fingerprint density at radius 3 is 2.67 bits per heavy atom. The lowest BCUT2D eigenvalue weighted by atomic mass is 9.97. The molecule has 1 aromatic carbocycles. The first-order valence-corrected chi connectivity index (χ1v) is 8.61. The van der Waals surface area contributed by atoms with Crippen molar-refractivity contribution in [3.63, 3.8) is 0 Å². The molecule has 0 bridgehead atoms. The Morgan fingerprint density at radius 1 is 0.958 bits per heavy atom. The molecule has 4 rings (SSSR count). The highest BCUT2D eigenvalue weighted by molar-refractivity contribution is 5.39. The molecule has 4 nitrogen and oxygen atoms in total. The van der Waals surface area contributed by atoms with Crippen molar-refractivity contribution < 1.29 is 0 Å². The second-order valence-electron chi connectivity index (χ2n) is 6.37. The monoisotopic (exact) mass is 318 g/mol. The molecule has 1 atom stereocenters. The summed E-state index contributed by atoms with van der Waals surface area (Å²) in [6, 6.07) is 16.7. The molecule has 0 saturated carbocycles. The topological polar surface area (TPSA) is 34.0 Å². The first-order valence-electron chi connectivity index (χ1n) is 8.61. The van der Waals surface area contributed by atoms with Crippen LogP contribution in [0.4, 0.5) is 5.82 Å². The van der Waals surface area contributed by atoms with Crippen molar-refractivity contribution >= 4 is 5.82 Å². The number of hydrogen-bond donors (Lipinski definition) is 0. The SMILES string of the molecule is c1ccc(Cn2ccnc2C2CCCN(c3ccccn3)C2)cc1. The number of piperidine rings is 1. The zero-order chi connectivity index (χ0) is 16.2. The summed E-state index contributed by atoms with van der Waals surface area (Å²) in [6.45, 7) is 2.95. The van der Waals surface area contributed by atoms with Gasteiger partial charge in [0, 0.05) is 44.1 Å². The van der Waals surface area contributed by atoms with Crippen LogP contribution in [0.1, 0.15) is 30.1 Å². The number of benzene rings is 1. The number of pyridine rings is 1. The summed E-state index contributed by atoms with van der Waals surface area (Å²) in [5, 5.41) is 0. The predicted molar refractivity (Wildman–Crippen MR) is 96.2 cm³/mol. The lowest BCUT2D eigenvalue weighted by molar-refractivity contribution is 0.474. The average molecular weight is 318 g/mol. The van der Waals surface area contributed by atoms with Crippen LogP contribution in [0.25, 0.3) is 0 Å². The number of nitrogens with zero attached hydrogens (tertiary/aromatic N) is 4. The number of hydrogen-bond acceptors (Lipinski definition) is 3. The Kier molecular flexibility index (Phi) is 4.28. The van der Waals surface area contributed by atoms with Crippen molar-refractivity contribution in [3.8, 4) is 0 Å². The molecule has 1 unspecified atom stereocenters. The summed E-state index contributed by atoms with van der Waals surface area (Å²) in [6.07, 6.45) is 8.27. The Hall–Kier alpha value is -2.62. The third-order valence-electron chi connectivity index (χ3n) is 4.70. The van der Waals surface area contributed by atoms with Crippen LogP contribution in [0.15, 0.2) is 67.1 Å². The van der Waals surface area contributed by atoms with Gasteiger partial charge in [0.2, 0.25) is 0 Å². The fraction of sp³-hybridized carbons (Fsp3) is 0.300. The number of imidazole rings is 1. The maximum Gasteiger partial charge on any atom is 0.128 e. The molecule has 4 heteroatoms. The van der Waals surface area contributed by atoms with E-state index in [1.165, 1.54) is 24.2 Å². The lowest BCUT2D eigenvalue weighted by Crippen LogP contribution is -2.35. The first kappa shape index (κ1) is 14.9. The van der Waals surface area contributed by atoms with Gasteiger partial charge in [-0.3, -0.25) is 0 Å². The smallest absolute Gasteiger partial charge is 0.128 e. The lowest BCUT2D eigenvalue weighted by Gasteiger charge is -2.33. The van der Waals surface area contributed by atoms with Crippen molar-refractivity contribution in [1.82, 2.24) is 14.5 Å². The van der Waals surface area contributed by atoms with E-state index in [9.17, 15) is 0 Å². The highest BCUT2D eigenvalue weighted by Crippen LogP contribution is 2.28. The highest BCUT2D eigenvalue weighted by Gasteiger charge is 2.25. The van der Waals surface area contributed by atoms with Gasteiger partial charge in [0.25, 0.3) is 0 Å². The van der Waals surface area contributed by atoms with Gasteiger partial charge in [-0.2, -0.15) is 0 Å². The summed E-state index contributed by atoms with van der Waals surface area (Å²) >= 11 is 0. The third kappa shape index (κ3) is 3.18.